The smallest absolute Gasteiger partial charge is 0.326 e. The Morgan fingerprint density at radius 3 is 2.70 bits per heavy atom. The Morgan fingerprint density at radius 1 is 1.40 bits per heavy atom. The van der Waals surface area contributed by atoms with E-state index in [0.29, 0.717) is 13.0 Å². The van der Waals surface area contributed by atoms with Crippen LogP contribution in [0.15, 0.2) is 0 Å². The molecule has 2 atom stereocenters. The Bertz CT molecular complexity index is 338. The van der Waals surface area contributed by atoms with Gasteiger partial charge in [-0.1, -0.05) is 12.8 Å². The summed E-state index contributed by atoms with van der Waals surface area (Å²) in [6, 6.07) is -0.680. The van der Waals surface area contributed by atoms with Crippen molar-refractivity contribution in [1.82, 2.24) is 9.80 Å². The van der Waals surface area contributed by atoms with Gasteiger partial charge in [0.2, 0.25) is 0 Å². The van der Waals surface area contributed by atoms with E-state index in [1.165, 1.54) is 0 Å². The molecule has 1 rings (SSSR count). The molecule has 2 amide bonds. The second kappa shape index (κ2) is 8.39. The number of hydrogen-bond donors (Lipinski definition) is 1. The van der Waals surface area contributed by atoms with Gasteiger partial charge in [-0.2, -0.15) is 11.8 Å². The van der Waals surface area contributed by atoms with E-state index in [9.17, 15) is 14.7 Å². The molecule has 0 aromatic rings. The van der Waals surface area contributed by atoms with Crippen molar-refractivity contribution in [1.29, 1.82) is 0 Å². The van der Waals surface area contributed by atoms with Crippen molar-refractivity contribution in [2.24, 2.45) is 0 Å². The average Bonchev–Trinajstić information content (AvgIpc) is 2.68. The fraction of sp³-hybridized carbons (Fsp3) is 0.857. The number of likely N-dealkylation sites (tertiary alicyclic amines) is 1. The molecule has 2 unspecified atom stereocenters. The van der Waals surface area contributed by atoms with Gasteiger partial charge in [-0.25, -0.2) is 9.59 Å². The Morgan fingerprint density at radius 2 is 2.10 bits per heavy atom. The van der Waals surface area contributed by atoms with E-state index in [-0.39, 0.29) is 12.1 Å². The van der Waals surface area contributed by atoms with Gasteiger partial charge >= 0.3 is 12.0 Å². The number of urea groups is 1. The van der Waals surface area contributed by atoms with Crippen LogP contribution in [0.1, 0.15) is 39.0 Å². The molecule has 0 spiro atoms. The summed E-state index contributed by atoms with van der Waals surface area (Å²) in [5.41, 5.74) is 0. The van der Waals surface area contributed by atoms with Crippen LogP contribution in [-0.2, 0) is 4.79 Å². The molecule has 0 saturated carbocycles. The lowest BCUT2D eigenvalue weighted by molar-refractivity contribution is -0.142. The van der Waals surface area contributed by atoms with E-state index in [0.717, 1.165) is 31.4 Å². The number of thioether (sulfide) groups is 1. The highest BCUT2D eigenvalue weighted by molar-refractivity contribution is 7.98. The number of carbonyl (C=O) groups is 2. The molecular formula is C14H26N2O3S. The number of carbonyl (C=O) groups excluding carboxylic acids is 1. The molecule has 6 heteroatoms. The van der Waals surface area contributed by atoms with Gasteiger partial charge in [-0.15, -0.1) is 0 Å². The molecule has 1 saturated heterocycles. The number of nitrogens with zero attached hydrogens (tertiary/aromatic N) is 2. The molecule has 1 N–H and O–H groups in total. The van der Waals surface area contributed by atoms with E-state index < -0.39 is 12.0 Å². The first-order valence-corrected chi connectivity index (χ1v) is 8.63. The molecule has 20 heavy (non-hydrogen) atoms. The zero-order valence-corrected chi connectivity index (χ0v) is 13.5. The SMILES string of the molecule is CSCCC(C)N(C)C(=O)N1CCCCCC1C(=O)O. The van der Waals surface area contributed by atoms with E-state index in [2.05, 4.69) is 0 Å². The van der Waals surface area contributed by atoms with Crippen LogP contribution in [0.25, 0.3) is 0 Å². The normalized spacial score (nSPS) is 21.1. The predicted molar refractivity (Wildman–Crippen MR) is 82.2 cm³/mol. The van der Waals surface area contributed by atoms with Crippen molar-refractivity contribution in [2.75, 3.05) is 25.6 Å². The van der Waals surface area contributed by atoms with Crippen molar-refractivity contribution < 1.29 is 14.7 Å². The number of aliphatic carboxylic acids is 1. The van der Waals surface area contributed by atoms with Crippen LogP contribution in [0.3, 0.4) is 0 Å². The summed E-state index contributed by atoms with van der Waals surface area (Å²) in [5.74, 6) is 0.117. The van der Waals surface area contributed by atoms with Crippen LogP contribution < -0.4 is 0 Å². The standard InChI is InChI=1S/C14H26N2O3S/c1-11(8-10-20-3)15(2)14(19)16-9-6-4-5-7-12(16)13(17)18/h11-12H,4-10H2,1-3H3,(H,17,18). The molecule has 0 aromatic carbocycles. The summed E-state index contributed by atoms with van der Waals surface area (Å²) < 4.78 is 0. The molecule has 0 aliphatic carbocycles. The van der Waals surface area contributed by atoms with Crippen molar-refractivity contribution in [2.45, 2.75) is 51.1 Å². The minimum absolute atomic E-state index is 0.132. The quantitative estimate of drug-likeness (QED) is 0.847. The Hall–Kier alpha value is -0.910. The summed E-state index contributed by atoms with van der Waals surface area (Å²) >= 11 is 1.76. The highest BCUT2D eigenvalue weighted by Gasteiger charge is 2.33. The second-order valence-corrected chi connectivity index (χ2v) is 6.41. The molecule has 5 nitrogen and oxygen atoms in total. The van der Waals surface area contributed by atoms with E-state index in [4.69, 9.17) is 0 Å². The lowest BCUT2D eigenvalue weighted by Gasteiger charge is -2.34. The molecule has 0 bridgehead atoms. The van der Waals surface area contributed by atoms with Crippen molar-refractivity contribution in [3.8, 4) is 0 Å². The van der Waals surface area contributed by atoms with Gasteiger partial charge in [0.1, 0.15) is 6.04 Å². The zero-order chi connectivity index (χ0) is 15.1. The van der Waals surface area contributed by atoms with Gasteiger partial charge in [0, 0.05) is 19.6 Å². The van der Waals surface area contributed by atoms with E-state index in [1.54, 1.807) is 28.6 Å². The van der Waals surface area contributed by atoms with Gasteiger partial charge in [0.25, 0.3) is 0 Å². The first kappa shape index (κ1) is 17.1. The fourth-order valence-corrected chi connectivity index (χ4v) is 3.04. The molecule has 116 valence electrons. The molecule has 1 heterocycles. The Labute approximate surface area is 125 Å². The monoisotopic (exact) mass is 302 g/mol. The highest BCUT2D eigenvalue weighted by atomic mass is 32.2. The van der Waals surface area contributed by atoms with Gasteiger partial charge in [-0.05, 0) is 38.2 Å². The number of amides is 2. The van der Waals surface area contributed by atoms with Gasteiger partial charge in [0.15, 0.2) is 0 Å². The number of carboxylic acid groups (broad SMARTS) is 1. The van der Waals surface area contributed by atoms with Crippen LogP contribution in [0, 0.1) is 0 Å². The molecule has 0 radical (unpaired) electrons. The maximum atomic E-state index is 12.6. The molecular weight excluding hydrogens is 276 g/mol. The average molecular weight is 302 g/mol. The van der Waals surface area contributed by atoms with Crippen molar-refractivity contribution in [3.63, 3.8) is 0 Å². The van der Waals surface area contributed by atoms with Gasteiger partial charge in [0.05, 0.1) is 0 Å². The highest BCUT2D eigenvalue weighted by Crippen LogP contribution is 2.19. The van der Waals surface area contributed by atoms with E-state index in [1.807, 2.05) is 13.2 Å². The fourth-order valence-electron chi connectivity index (χ4n) is 2.47. The van der Waals surface area contributed by atoms with Crippen LogP contribution in [0.4, 0.5) is 4.79 Å². The van der Waals surface area contributed by atoms with Gasteiger partial charge in [-0.3, -0.25) is 0 Å². The summed E-state index contributed by atoms with van der Waals surface area (Å²) in [7, 11) is 1.77. The van der Waals surface area contributed by atoms with Gasteiger partial charge < -0.3 is 14.9 Å². The number of hydrogen-bond acceptors (Lipinski definition) is 3. The lowest BCUT2D eigenvalue weighted by atomic mass is 10.1. The minimum Gasteiger partial charge on any atom is -0.480 e. The third-order valence-corrected chi connectivity index (χ3v) is 4.63. The molecule has 1 aliphatic heterocycles. The van der Waals surface area contributed by atoms with Crippen LogP contribution in [-0.4, -0.2) is 64.6 Å². The van der Waals surface area contributed by atoms with Crippen LogP contribution in [0.5, 0.6) is 0 Å². The minimum atomic E-state index is -0.884. The maximum absolute atomic E-state index is 12.6. The molecule has 1 aliphatic rings. The summed E-state index contributed by atoms with van der Waals surface area (Å²) in [4.78, 5) is 27.2. The topological polar surface area (TPSA) is 60.9 Å². The maximum Gasteiger partial charge on any atom is 0.326 e. The Balaban J connectivity index is 2.72. The van der Waals surface area contributed by atoms with Crippen molar-refractivity contribution >= 4 is 23.8 Å². The van der Waals surface area contributed by atoms with Crippen molar-refractivity contribution in [3.05, 3.63) is 0 Å². The predicted octanol–water partition coefficient (Wildman–Crippen LogP) is 2.51. The third-order valence-electron chi connectivity index (χ3n) is 3.99. The second-order valence-electron chi connectivity index (χ2n) is 5.42. The zero-order valence-electron chi connectivity index (χ0n) is 12.7. The largest absolute Gasteiger partial charge is 0.480 e. The Kier molecular flexibility index (Phi) is 7.19. The van der Waals surface area contributed by atoms with Crippen LogP contribution >= 0.6 is 11.8 Å². The molecule has 1 fully saturated rings. The first-order chi connectivity index (χ1) is 9.49. The third kappa shape index (κ3) is 4.58. The molecule has 0 aromatic heterocycles. The summed E-state index contributed by atoms with van der Waals surface area (Å²) in [6.07, 6.45) is 6.31. The number of carboxylic acids is 1. The van der Waals surface area contributed by atoms with Crippen LogP contribution in [0.2, 0.25) is 0 Å². The lowest BCUT2D eigenvalue weighted by Crippen LogP contribution is -2.51. The first-order valence-electron chi connectivity index (χ1n) is 7.24. The number of rotatable bonds is 5. The van der Waals surface area contributed by atoms with E-state index >= 15 is 0 Å². The summed E-state index contributed by atoms with van der Waals surface area (Å²) in [6.45, 7) is 2.57. The summed E-state index contributed by atoms with van der Waals surface area (Å²) in [5, 5.41) is 9.33.